The Morgan fingerprint density at radius 3 is 2.76 bits per heavy atom. The summed E-state index contributed by atoms with van der Waals surface area (Å²) < 4.78 is 0.714. The zero-order valence-corrected chi connectivity index (χ0v) is 12.4. The molecule has 21 heavy (non-hydrogen) atoms. The number of nitrogens with one attached hydrogen (secondary N) is 1. The number of benzene rings is 1. The number of aromatic carboxylic acids is 1. The quantitative estimate of drug-likeness (QED) is 0.644. The first-order valence-electron chi connectivity index (χ1n) is 5.79. The molecule has 1 heterocycles. The van der Waals surface area contributed by atoms with Gasteiger partial charge in [0.2, 0.25) is 5.82 Å². The van der Waals surface area contributed by atoms with Gasteiger partial charge in [-0.25, -0.2) is 9.78 Å². The number of hydrogen-bond acceptors (Lipinski definition) is 5. The Labute approximate surface area is 127 Å². The lowest BCUT2D eigenvalue weighted by Crippen LogP contribution is -2.04. The van der Waals surface area contributed by atoms with Crippen molar-refractivity contribution in [3.8, 4) is 0 Å². The van der Waals surface area contributed by atoms with Gasteiger partial charge in [0.15, 0.2) is 0 Å². The maximum atomic E-state index is 11.1. The number of halogens is 1. The fourth-order valence-electron chi connectivity index (χ4n) is 1.67. The molecule has 0 aliphatic heterocycles. The number of rotatable bonds is 4. The predicted octanol–water partition coefficient (Wildman–Crippen LogP) is 3.50. The highest BCUT2D eigenvalue weighted by Crippen LogP contribution is 2.30. The smallest absolute Gasteiger partial charge is 0.337 e. The summed E-state index contributed by atoms with van der Waals surface area (Å²) in [7, 11) is 0. The van der Waals surface area contributed by atoms with E-state index in [9.17, 15) is 14.9 Å². The third-order valence-electron chi connectivity index (χ3n) is 2.69. The highest BCUT2D eigenvalue weighted by Gasteiger charge is 2.19. The van der Waals surface area contributed by atoms with Crippen molar-refractivity contribution in [2.45, 2.75) is 6.92 Å². The third kappa shape index (κ3) is 3.34. The van der Waals surface area contributed by atoms with Crippen LogP contribution in [0.25, 0.3) is 0 Å². The molecule has 0 aliphatic carbocycles. The molecule has 0 amide bonds. The summed E-state index contributed by atoms with van der Waals surface area (Å²) in [5, 5.41) is 22.8. The minimum atomic E-state index is -1.27. The molecule has 0 fully saturated rings. The number of carboxylic acid groups (broad SMARTS) is 1. The van der Waals surface area contributed by atoms with Gasteiger partial charge >= 0.3 is 11.7 Å². The van der Waals surface area contributed by atoms with Gasteiger partial charge in [-0.05, 0) is 40.5 Å². The molecule has 0 bridgehead atoms. The molecule has 2 aromatic rings. The first-order valence-corrected chi connectivity index (χ1v) is 6.58. The fraction of sp³-hybridized carbons (Fsp3) is 0.0769. The number of hydrogen-bond donors (Lipinski definition) is 2. The molecule has 0 saturated carbocycles. The number of aryl methyl sites for hydroxylation is 1. The summed E-state index contributed by atoms with van der Waals surface area (Å²) in [6.07, 6.45) is 1.07. The predicted molar refractivity (Wildman–Crippen MR) is 80.0 cm³/mol. The van der Waals surface area contributed by atoms with Crippen LogP contribution in [-0.4, -0.2) is 21.0 Å². The molecule has 2 rings (SSSR count). The summed E-state index contributed by atoms with van der Waals surface area (Å²) in [5.74, 6) is -1.29. The van der Waals surface area contributed by atoms with Crippen LogP contribution in [0.15, 0.2) is 34.9 Å². The number of anilines is 2. The topological polar surface area (TPSA) is 105 Å². The van der Waals surface area contributed by atoms with Gasteiger partial charge < -0.3 is 10.4 Å². The lowest BCUT2D eigenvalue weighted by atomic mass is 10.2. The van der Waals surface area contributed by atoms with Crippen LogP contribution >= 0.6 is 15.9 Å². The van der Waals surface area contributed by atoms with E-state index in [0.29, 0.717) is 10.2 Å². The highest BCUT2D eigenvalue weighted by molar-refractivity contribution is 9.10. The SMILES string of the molecule is Cc1ccc(Br)c(Nc2ncc(C(=O)O)cc2[N+](=O)[O-])c1. The maximum absolute atomic E-state index is 11.1. The third-order valence-corrected chi connectivity index (χ3v) is 3.38. The van der Waals surface area contributed by atoms with Crippen molar-refractivity contribution in [3.05, 3.63) is 56.2 Å². The van der Waals surface area contributed by atoms with E-state index in [1.807, 2.05) is 13.0 Å². The van der Waals surface area contributed by atoms with E-state index in [4.69, 9.17) is 5.11 Å². The summed E-state index contributed by atoms with van der Waals surface area (Å²) in [6.45, 7) is 1.88. The highest BCUT2D eigenvalue weighted by atomic mass is 79.9. The van der Waals surface area contributed by atoms with Gasteiger partial charge in [0.25, 0.3) is 0 Å². The minimum Gasteiger partial charge on any atom is -0.478 e. The second-order valence-corrected chi connectivity index (χ2v) is 5.12. The Balaban J connectivity index is 2.46. The van der Waals surface area contributed by atoms with Gasteiger partial charge in [-0.1, -0.05) is 6.07 Å². The Kier molecular flexibility index (Phi) is 4.18. The molecule has 0 aliphatic rings. The zero-order chi connectivity index (χ0) is 15.6. The van der Waals surface area contributed by atoms with E-state index in [1.54, 1.807) is 12.1 Å². The number of carbonyl (C=O) groups is 1. The largest absolute Gasteiger partial charge is 0.478 e. The number of nitro groups is 1. The van der Waals surface area contributed by atoms with E-state index in [2.05, 4.69) is 26.2 Å². The molecule has 108 valence electrons. The van der Waals surface area contributed by atoms with Crippen molar-refractivity contribution >= 4 is 39.1 Å². The first-order chi connectivity index (χ1) is 9.88. The second kappa shape index (κ2) is 5.88. The van der Waals surface area contributed by atoms with Gasteiger partial charge in [-0.2, -0.15) is 0 Å². The minimum absolute atomic E-state index is 0.0173. The summed E-state index contributed by atoms with van der Waals surface area (Å²) in [6, 6.07) is 6.45. The van der Waals surface area contributed by atoms with Crippen molar-refractivity contribution in [1.82, 2.24) is 4.98 Å². The summed E-state index contributed by atoms with van der Waals surface area (Å²) in [4.78, 5) is 25.1. The molecule has 1 aromatic heterocycles. The van der Waals surface area contributed by atoms with Crippen LogP contribution in [0.2, 0.25) is 0 Å². The normalized spacial score (nSPS) is 10.2. The molecule has 0 radical (unpaired) electrons. The molecular weight excluding hydrogens is 342 g/mol. The summed E-state index contributed by atoms with van der Waals surface area (Å²) >= 11 is 3.33. The van der Waals surface area contributed by atoms with Crippen LogP contribution in [0.3, 0.4) is 0 Å². The Hall–Kier alpha value is -2.48. The second-order valence-electron chi connectivity index (χ2n) is 4.26. The van der Waals surface area contributed by atoms with Crippen molar-refractivity contribution in [2.75, 3.05) is 5.32 Å². The maximum Gasteiger partial charge on any atom is 0.337 e. The van der Waals surface area contributed by atoms with E-state index in [-0.39, 0.29) is 11.4 Å². The first kappa shape index (κ1) is 14.9. The van der Waals surface area contributed by atoms with Crippen LogP contribution in [0, 0.1) is 17.0 Å². The van der Waals surface area contributed by atoms with Gasteiger partial charge in [-0.15, -0.1) is 0 Å². The van der Waals surface area contributed by atoms with Crippen molar-refractivity contribution < 1.29 is 14.8 Å². The monoisotopic (exact) mass is 351 g/mol. The van der Waals surface area contributed by atoms with Gasteiger partial charge in [-0.3, -0.25) is 10.1 Å². The molecule has 1 aromatic carbocycles. The average molecular weight is 352 g/mol. The number of pyridine rings is 1. The molecule has 2 N–H and O–H groups in total. The van der Waals surface area contributed by atoms with E-state index >= 15 is 0 Å². The molecule has 8 heteroatoms. The molecule has 0 spiro atoms. The Morgan fingerprint density at radius 1 is 1.43 bits per heavy atom. The van der Waals surface area contributed by atoms with E-state index < -0.39 is 16.6 Å². The molecule has 0 unspecified atom stereocenters. The van der Waals surface area contributed by atoms with Gasteiger partial charge in [0.05, 0.1) is 16.2 Å². The lowest BCUT2D eigenvalue weighted by molar-refractivity contribution is -0.384. The van der Waals surface area contributed by atoms with Crippen LogP contribution < -0.4 is 5.32 Å². The van der Waals surface area contributed by atoms with Gasteiger partial charge in [0.1, 0.15) is 0 Å². The molecule has 7 nitrogen and oxygen atoms in total. The van der Waals surface area contributed by atoms with Crippen LogP contribution in [0.1, 0.15) is 15.9 Å². The van der Waals surface area contributed by atoms with Crippen LogP contribution in [0.5, 0.6) is 0 Å². The number of nitrogens with zero attached hydrogens (tertiary/aromatic N) is 2. The average Bonchev–Trinajstić information content (AvgIpc) is 2.42. The van der Waals surface area contributed by atoms with E-state index in [1.165, 1.54) is 0 Å². The molecular formula is C13H10BrN3O4. The Morgan fingerprint density at radius 2 is 2.14 bits per heavy atom. The number of carboxylic acids is 1. The van der Waals surface area contributed by atoms with Gasteiger partial charge in [0, 0.05) is 16.7 Å². The Bertz CT molecular complexity index is 733. The van der Waals surface area contributed by atoms with Crippen molar-refractivity contribution in [1.29, 1.82) is 0 Å². The lowest BCUT2D eigenvalue weighted by Gasteiger charge is -2.09. The standard InChI is InChI=1S/C13H10BrN3O4/c1-7-2-3-9(14)10(4-7)16-12-11(17(20)21)5-8(6-15-12)13(18)19/h2-6H,1H3,(H,15,16)(H,18,19). The van der Waals surface area contributed by atoms with E-state index in [0.717, 1.165) is 17.8 Å². The zero-order valence-electron chi connectivity index (χ0n) is 10.8. The van der Waals surface area contributed by atoms with Crippen LogP contribution in [0.4, 0.5) is 17.2 Å². The van der Waals surface area contributed by atoms with Crippen molar-refractivity contribution in [2.24, 2.45) is 0 Å². The fourth-order valence-corrected chi connectivity index (χ4v) is 2.01. The molecule has 0 saturated heterocycles. The summed E-state index contributed by atoms with van der Waals surface area (Å²) in [5.41, 5.74) is 0.929. The van der Waals surface area contributed by atoms with Crippen LogP contribution in [-0.2, 0) is 0 Å². The van der Waals surface area contributed by atoms with Crippen molar-refractivity contribution in [3.63, 3.8) is 0 Å². The molecule has 0 atom stereocenters. The number of aromatic nitrogens is 1.